The fraction of sp³-hybridized carbons (Fsp3) is 0.278. The molecule has 0 fully saturated rings. The molecule has 0 atom stereocenters. The average molecular weight is 338 g/mol. The minimum Gasteiger partial charge on any atom is -0.356 e. The van der Waals surface area contributed by atoms with Gasteiger partial charge in [-0.15, -0.1) is 0 Å². The first-order valence-electron chi connectivity index (χ1n) is 8.28. The predicted molar refractivity (Wildman–Crippen MR) is 97.0 cm³/mol. The lowest BCUT2D eigenvalue weighted by Gasteiger charge is -2.10. The maximum absolute atomic E-state index is 5.40. The number of hydrogen-bond acceptors (Lipinski definition) is 4. The summed E-state index contributed by atoms with van der Waals surface area (Å²) >= 11 is 0. The van der Waals surface area contributed by atoms with Crippen LogP contribution < -0.4 is 10.6 Å². The minimum absolute atomic E-state index is 0.551. The molecule has 0 radical (unpaired) electrons. The fourth-order valence-corrected chi connectivity index (χ4v) is 2.41. The smallest absolute Gasteiger partial charge is 0.191 e. The summed E-state index contributed by atoms with van der Waals surface area (Å²) in [5.41, 5.74) is 1.85. The summed E-state index contributed by atoms with van der Waals surface area (Å²) in [6.07, 6.45) is 4.71. The molecule has 7 heteroatoms. The number of aromatic nitrogens is 3. The summed E-state index contributed by atoms with van der Waals surface area (Å²) in [7, 11) is 1.75. The fourth-order valence-electron chi connectivity index (χ4n) is 2.41. The number of hydrogen-bond donors (Lipinski definition) is 2. The largest absolute Gasteiger partial charge is 0.356 e. The molecule has 130 valence electrons. The highest BCUT2D eigenvalue weighted by molar-refractivity contribution is 5.79. The van der Waals surface area contributed by atoms with Gasteiger partial charge in [0.1, 0.15) is 5.69 Å². The summed E-state index contributed by atoms with van der Waals surface area (Å²) < 4.78 is 7.31. The van der Waals surface area contributed by atoms with Crippen molar-refractivity contribution < 1.29 is 4.52 Å². The molecule has 0 aliphatic carbocycles. The van der Waals surface area contributed by atoms with Crippen molar-refractivity contribution in [2.45, 2.75) is 19.5 Å². The van der Waals surface area contributed by atoms with Gasteiger partial charge in [-0.2, -0.15) is 5.10 Å². The van der Waals surface area contributed by atoms with Crippen LogP contribution in [-0.4, -0.2) is 34.5 Å². The predicted octanol–water partition coefficient (Wildman–Crippen LogP) is 2.29. The third kappa shape index (κ3) is 4.94. The number of nitrogens with one attached hydrogen (secondary N) is 2. The highest BCUT2D eigenvalue weighted by Crippen LogP contribution is 2.19. The van der Waals surface area contributed by atoms with Gasteiger partial charge in [-0.25, -0.2) is 0 Å². The quantitative estimate of drug-likeness (QED) is 0.392. The second-order valence-electron chi connectivity index (χ2n) is 5.52. The normalized spacial score (nSPS) is 11.5. The number of guanidine groups is 1. The van der Waals surface area contributed by atoms with Crippen molar-refractivity contribution in [3.05, 3.63) is 60.6 Å². The first-order valence-corrected chi connectivity index (χ1v) is 8.28. The van der Waals surface area contributed by atoms with Gasteiger partial charge in [-0.05, 0) is 12.5 Å². The molecule has 0 unspecified atom stereocenters. The SMILES string of the molecule is CN=C(NCCCn1cccn1)NCc1cc(-c2ccccc2)on1. The highest BCUT2D eigenvalue weighted by Gasteiger charge is 2.07. The zero-order valence-corrected chi connectivity index (χ0v) is 14.2. The van der Waals surface area contributed by atoms with Crippen LogP contribution in [0.3, 0.4) is 0 Å². The molecule has 3 rings (SSSR count). The van der Waals surface area contributed by atoms with Crippen LogP contribution >= 0.6 is 0 Å². The standard InChI is InChI=1S/C18H22N6O/c1-19-18(20-9-5-11-24-12-6-10-22-24)21-14-16-13-17(25-23-16)15-7-3-2-4-8-15/h2-4,6-8,10,12-13H,5,9,11,14H2,1H3,(H2,19,20,21). The van der Waals surface area contributed by atoms with Crippen LogP contribution in [0.15, 0.2) is 64.4 Å². The van der Waals surface area contributed by atoms with E-state index in [1.807, 2.05) is 53.3 Å². The lowest BCUT2D eigenvalue weighted by atomic mass is 10.2. The Morgan fingerprint density at radius 2 is 2.08 bits per heavy atom. The molecule has 2 aromatic heterocycles. The number of rotatable bonds is 7. The molecule has 0 aliphatic rings. The first-order chi connectivity index (χ1) is 12.3. The lowest BCUT2D eigenvalue weighted by Crippen LogP contribution is -2.37. The molecule has 0 bridgehead atoms. The van der Waals surface area contributed by atoms with Gasteiger partial charge >= 0.3 is 0 Å². The Morgan fingerprint density at radius 3 is 2.84 bits per heavy atom. The summed E-state index contributed by atoms with van der Waals surface area (Å²) in [6, 6.07) is 13.8. The van der Waals surface area contributed by atoms with Crippen LogP contribution in [0.2, 0.25) is 0 Å². The monoisotopic (exact) mass is 338 g/mol. The maximum atomic E-state index is 5.40. The number of aryl methyl sites for hydroxylation is 1. The van der Waals surface area contributed by atoms with Crippen LogP contribution in [0.1, 0.15) is 12.1 Å². The van der Waals surface area contributed by atoms with Crippen molar-refractivity contribution in [3.8, 4) is 11.3 Å². The van der Waals surface area contributed by atoms with Crippen molar-refractivity contribution in [2.75, 3.05) is 13.6 Å². The molecule has 0 saturated carbocycles. The molecular formula is C18H22N6O. The van der Waals surface area contributed by atoms with E-state index >= 15 is 0 Å². The van der Waals surface area contributed by atoms with Crippen molar-refractivity contribution in [2.24, 2.45) is 4.99 Å². The lowest BCUT2D eigenvalue weighted by molar-refractivity contribution is 0.422. The molecule has 3 aromatic rings. The van der Waals surface area contributed by atoms with Crippen LogP contribution in [0, 0.1) is 0 Å². The van der Waals surface area contributed by atoms with Gasteiger partial charge in [-0.3, -0.25) is 9.67 Å². The Morgan fingerprint density at radius 1 is 1.20 bits per heavy atom. The molecule has 0 spiro atoms. The van der Waals surface area contributed by atoms with E-state index in [-0.39, 0.29) is 0 Å². The molecule has 0 amide bonds. The van der Waals surface area contributed by atoms with Crippen LogP contribution in [0.5, 0.6) is 0 Å². The Bertz CT molecular complexity index is 779. The van der Waals surface area contributed by atoms with E-state index in [0.29, 0.717) is 6.54 Å². The van der Waals surface area contributed by atoms with Gasteiger partial charge in [0, 0.05) is 44.2 Å². The minimum atomic E-state index is 0.551. The topological polar surface area (TPSA) is 80.3 Å². The van der Waals surface area contributed by atoms with Crippen molar-refractivity contribution in [1.29, 1.82) is 0 Å². The van der Waals surface area contributed by atoms with Gasteiger partial charge in [0.2, 0.25) is 0 Å². The third-order valence-corrected chi connectivity index (χ3v) is 3.69. The average Bonchev–Trinajstić information content (AvgIpc) is 3.34. The molecular weight excluding hydrogens is 316 g/mol. The highest BCUT2D eigenvalue weighted by atomic mass is 16.5. The van der Waals surface area contributed by atoms with E-state index in [1.165, 1.54) is 0 Å². The molecule has 1 aromatic carbocycles. The molecule has 0 aliphatic heterocycles. The summed E-state index contributed by atoms with van der Waals surface area (Å²) in [6.45, 7) is 2.24. The number of nitrogens with zero attached hydrogens (tertiary/aromatic N) is 4. The molecule has 2 heterocycles. The number of aliphatic imine (C=N–C) groups is 1. The summed E-state index contributed by atoms with van der Waals surface area (Å²) in [5.74, 6) is 1.50. The Hall–Kier alpha value is -3.09. The third-order valence-electron chi connectivity index (χ3n) is 3.69. The zero-order valence-electron chi connectivity index (χ0n) is 14.2. The second kappa shape index (κ2) is 8.68. The van der Waals surface area contributed by atoms with Gasteiger partial charge in [0.05, 0.1) is 6.54 Å². The summed E-state index contributed by atoms with van der Waals surface area (Å²) in [5, 5.41) is 14.8. The molecule has 0 saturated heterocycles. The van der Waals surface area contributed by atoms with Gasteiger partial charge in [0.15, 0.2) is 11.7 Å². The van der Waals surface area contributed by atoms with Crippen LogP contribution in [0.4, 0.5) is 0 Å². The van der Waals surface area contributed by atoms with Gasteiger partial charge in [0.25, 0.3) is 0 Å². The number of benzene rings is 1. The van der Waals surface area contributed by atoms with Gasteiger partial charge in [-0.1, -0.05) is 35.5 Å². The Kier molecular flexibility index (Phi) is 5.82. The second-order valence-corrected chi connectivity index (χ2v) is 5.52. The summed E-state index contributed by atoms with van der Waals surface area (Å²) in [4.78, 5) is 4.22. The van der Waals surface area contributed by atoms with E-state index in [0.717, 1.165) is 42.5 Å². The van der Waals surface area contributed by atoms with Crippen LogP contribution in [-0.2, 0) is 13.1 Å². The zero-order chi connectivity index (χ0) is 17.3. The Labute approximate surface area is 146 Å². The Balaban J connectivity index is 1.43. The van der Waals surface area contributed by atoms with Gasteiger partial charge < -0.3 is 15.2 Å². The van der Waals surface area contributed by atoms with E-state index in [4.69, 9.17) is 4.52 Å². The van der Waals surface area contributed by atoms with E-state index in [9.17, 15) is 0 Å². The molecule has 7 nitrogen and oxygen atoms in total. The van der Waals surface area contributed by atoms with Crippen molar-refractivity contribution in [1.82, 2.24) is 25.6 Å². The molecule has 25 heavy (non-hydrogen) atoms. The van der Waals surface area contributed by atoms with Crippen molar-refractivity contribution >= 4 is 5.96 Å². The van der Waals surface area contributed by atoms with E-state index in [1.54, 1.807) is 13.2 Å². The van der Waals surface area contributed by atoms with E-state index < -0.39 is 0 Å². The van der Waals surface area contributed by atoms with Crippen molar-refractivity contribution in [3.63, 3.8) is 0 Å². The van der Waals surface area contributed by atoms with E-state index in [2.05, 4.69) is 25.9 Å². The van der Waals surface area contributed by atoms with Crippen LogP contribution in [0.25, 0.3) is 11.3 Å². The first kappa shape index (κ1) is 16.8. The molecule has 2 N–H and O–H groups in total. The maximum Gasteiger partial charge on any atom is 0.191 e.